The quantitative estimate of drug-likeness (QED) is 0.828. The van der Waals surface area contributed by atoms with Crippen molar-refractivity contribution < 1.29 is 14.3 Å². The van der Waals surface area contributed by atoms with Crippen LogP contribution in [0.4, 0.5) is 10.6 Å². The third-order valence-electron chi connectivity index (χ3n) is 3.72. The van der Waals surface area contributed by atoms with Crippen molar-refractivity contribution in [1.29, 1.82) is 0 Å². The van der Waals surface area contributed by atoms with Crippen LogP contribution < -0.4 is 15.8 Å². The van der Waals surface area contributed by atoms with Crippen molar-refractivity contribution in [2.24, 2.45) is 0 Å². The number of hydrogen-bond donors (Lipinski definition) is 2. The van der Waals surface area contributed by atoms with E-state index in [1.807, 2.05) is 6.92 Å². The molecule has 2 rings (SSSR count). The molecule has 1 saturated heterocycles. The van der Waals surface area contributed by atoms with Gasteiger partial charge in [0.1, 0.15) is 12.1 Å². The fourth-order valence-electron chi connectivity index (χ4n) is 2.48. The zero-order valence-corrected chi connectivity index (χ0v) is 13.0. The number of anilines is 1. The van der Waals surface area contributed by atoms with E-state index in [9.17, 15) is 4.79 Å². The van der Waals surface area contributed by atoms with Crippen LogP contribution in [0.15, 0.2) is 6.33 Å². The van der Waals surface area contributed by atoms with Crippen LogP contribution in [0, 0.1) is 0 Å². The van der Waals surface area contributed by atoms with Crippen LogP contribution in [-0.4, -0.2) is 53.8 Å². The maximum Gasteiger partial charge on any atom is 0.409 e. The Bertz CT molecular complexity index is 503. The molecule has 122 valence electrons. The lowest BCUT2D eigenvalue weighted by Gasteiger charge is -2.31. The lowest BCUT2D eigenvalue weighted by molar-refractivity contribution is 0.0950. The van der Waals surface area contributed by atoms with Crippen LogP contribution in [0.5, 0.6) is 5.88 Å². The average molecular weight is 309 g/mol. The van der Waals surface area contributed by atoms with Crippen molar-refractivity contribution >= 4 is 11.9 Å². The number of methoxy groups -OCH3 is 1. The van der Waals surface area contributed by atoms with Gasteiger partial charge in [0.05, 0.1) is 19.3 Å². The van der Waals surface area contributed by atoms with E-state index in [0.717, 1.165) is 18.4 Å². The van der Waals surface area contributed by atoms with Gasteiger partial charge in [-0.3, -0.25) is 0 Å². The number of carbonyl (C=O) groups excluding carboxylic acids is 1. The molecule has 1 aromatic heterocycles. The average Bonchev–Trinajstić information content (AvgIpc) is 2.54. The van der Waals surface area contributed by atoms with Gasteiger partial charge in [0.2, 0.25) is 5.88 Å². The van der Waals surface area contributed by atoms with Crippen molar-refractivity contribution in [3.8, 4) is 5.88 Å². The fourth-order valence-corrected chi connectivity index (χ4v) is 2.48. The molecule has 8 nitrogen and oxygen atoms in total. The zero-order chi connectivity index (χ0) is 15.9. The van der Waals surface area contributed by atoms with Crippen LogP contribution in [0.1, 0.15) is 25.3 Å². The summed E-state index contributed by atoms with van der Waals surface area (Å²) in [6.45, 7) is 4.14. The summed E-state index contributed by atoms with van der Waals surface area (Å²) in [7, 11) is 1.56. The first-order valence-electron chi connectivity index (χ1n) is 7.44. The molecule has 8 heteroatoms. The maximum absolute atomic E-state index is 11.6. The highest BCUT2D eigenvalue weighted by Crippen LogP contribution is 2.20. The molecular weight excluding hydrogens is 286 g/mol. The summed E-state index contributed by atoms with van der Waals surface area (Å²) < 4.78 is 10.2. The third-order valence-corrected chi connectivity index (χ3v) is 3.72. The predicted molar refractivity (Wildman–Crippen MR) is 81.5 cm³/mol. The van der Waals surface area contributed by atoms with Crippen LogP contribution in [0.3, 0.4) is 0 Å². The number of nitrogen functional groups attached to an aromatic ring is 1. The molecule has 0 saturated carbocycles. The Morgan fingerprint density at radius 3 is 2.82 bits per heavy atom. The minimum atomic E-state index is -0.233. The molecule has 0 radical (unpaired) electrons. The maximum atomic E-state index is 11.6. The molecule has 22 heavy (non-hydrogen) atoms. The second-order valence-electron chi connectivity index (χ2n) is 5.09. The lowest BCUT2D eigenvalue weighted by Crippen LogP contribution is -2.45. The minimum Gasteiger partial charge on any atom is -0.481 e. The molecule has 1 fully saturated rings. The monoisotopic (exact) mass is 309 g/mol. The number of likely N-dealkylation sites (tertiary alicyclic amines) is 1. The Kier molecular flexibility index (Phi) is 5.76. The van der Waals surface area contributed by atoms with Gasteiger partial charge in [-0.05, 0) is 19.8 Å². The molecule has 1 aromatic rings. The molecule has 1 aliphatic rings. The number of aromatic nitrogens is 2. The first-order valence-corrected chi connectivity index (χ1v) is 7.44. The van der Waals surface area contributed by atoms with E-state index in [-0.39, 0.29) is 6.09 Å². The molecule has 0 aromatic carbocycles. The van der Waals surface area contributed by atoms with E-state index < -0.39 is 0 Å². The van der Waals surface area contributed by atoms with E-state index in [1.54, 1.807) is 12.0 Å². The Morgan fingerprint density at radius 2 is 2.18 bits per heavy atom. The van der Waals surface area contributed by atoms with Crippen molar-refractivity contribution in [2.45, 2.75) is 32.4 Å². The summed E-state index contributed by atoms with van der Waals surface area (Å²) in [5, 5.41) is 3.43. The summed E-state index contributed by atoms with van der Waals surface area (Å²) in [6, 6.07) is 0.315. The highest BCUT2D eigenvalue weighted by molar-refractivity contribution is 5.67. The van der Waals surface area contributed by atoms with Gasteiger partial charge in [-0.15, -0.1) is 0 Å². The van der Waals surface area contributed by atoms with Gasteiger partial charge in [-0.25, -0.2) is 14.8 Å². The summed E-state index contributed by atoms with van der Waals surface area (Å²) >= 11 is 0. The molecule has 0 bridgehead atoms. The van der Waals surface area contributed by atoms with Crippen molar-refractivity contribution in [3.63, 3.8) is 0 Å². The molecule has 0 aliphatic carbocycles. The Balaban J connectivity index is 1.84. The summed E-state index contributed by atoms with van der Waals surface area (Å²) in [5.74, 6) is 0.910. The van der Waals surface area contributed by atoms with Crippen LogP contribution in [-0.2, 0) is 11.3 Å². The van der Waals surface area contributed by atoms with E-state index >= 15 is 0 Å². The fraction of sp³-hybridized carbons (Fsp3) is 0.643. The van der Waals surface area contributed by atoms with Gasteiger partial charge < -0.3 is 25.4 Å². The van der Waals surface area contributed by atoms with Gasteiger partial charge in [0.25, 0.3) is 0 Å². The summed E-state index contributed by atoms with van der Waals surface area (Å²) in [4.78, 5) is 21.4. The molecule has 0 spiro atoms. The SMILES string of the molecule is CCOC(=O)N1CCC(NCc2c(N)ncnc2OC)CC1. The minimum absolute atomic E-state index is 0.233. The first kappa shape index (κ1) is 16.3. The number of rotatable bonds is 5. The van der Waals surface area contributed by atoms with Gasteiger partial charge in [0, 0.05) is 25.7 Å². The number of nitrogens with two attached hydrogens (primary N) is 1. The first-order chi connectivity index (χ1) is 10.7. The largest absolute Gasteiger partial charge is 0.481 e. The topological polar surface area (TPSA) is 103 Å². The van der Waals surface area contributed by atoms with Gasteiger partial charge in [-0.2, -0.15) is 0 Å². The van der Waals surface area contributed by atoms with Crippen molar-refractivity contribution in [2.75, 3.05) is 32.5 Å². The normalized spacial score (nSPS) is 15.6. The molecule has 1 aliphatic heterocycles. The molecule has 2 heterocycles. The van der Waals surface area contributed by atoms with Gasteiger partial charge in [-0.1, -0.05) is 0 Å². The molecule has 0 atom stereocenters. The molecule has 3 N–H and O–H groups in total. The number of ether oxygens (including phenoxy) is 2. The van der Waals surface area contributed by atoms with E-state index in [1.165, 1.54) is 6.33 Å². The van der Waals surface area contributed by atoms with E-state index in [0.29, 0.717) is 44.0 Å². The Labute approximate surface area is 130 Å². The number of nitrogens with one attached hydrogen (secondary N) is 1. The van der Waals surface area contributed by atoms with Crippen molar-refractivity contribution in [1.82, 2.24) is 20.2 Å². The van der Waals surface area contributed by atoms with Crippen LogP contribution in [0.2, 0.25) is 0 Å². The lowest BCUT2D eigenvalue weighted by atomic mass is 10.1. The number of carbonyl (C=O) groups is 1. The van der Waals surface area contributed by atoms with Crippen LogP contribution >= 0.6 is 0 Å². The number of amides is 1. The third kappa shape index (κ3) is 3.97. The smallest absolute Gasteiger partial charge is 0.409 e. The van der Waals surface area contributed by atoms with E-state index in [2.05, 4.69) is 15.3 Å². The van der Waals surface area contributed by atoms with E-state index in [4.69, 9.17) is 15.2 Å². The highest BCUT2D eigenvalue weighted by atomic mass is 16.6. The highest BCUT2D eigenvalue weighted by Gasteiger charge is 2.23. The Morgan fingerprint density at radius 1 is 1.45 bits per heavy atom. The second kappa shape index (κ2) is 7.79. The number of hydrogen-bond acceptors (Lipinski definition) is 7. The van der Waals surface area contributed by atoms with Gasteiger partial charge in [0.15, 0.2) is 0 Å². The summed E-state index contributed by atoms with van der Waals surface area (Å²) in [5.41, 5.74) is 6.63. The number of nitrogens with zero attached hydrogens (tertiary/aromatic N) is 3. The van der Waals surface area contributed by atoms with Crippen molar-refractivity contribution in [3.05, 3.63) is 11.9 Å². The second-order valence-corrected chi connectivity index (χ2v) is 5.09. The molecule has 1 amide bonds. The Hall–Kier alpha value is -2.09. The number of piperidine rings is 1. The molecule has 0 unspecified atom stereocenters. The zero-order valence-electron chi connectivity index (χ0n) is 13.0. The predicted octanol–water partition coefficient (Wildman–Crippen LogP) is 0.778. The van der Waals surface area contributed by atoms with Gasteiger partial charge >= 0.3 is 6.09 Å². The molecular formula is C14H23N5O3. The summed E-state index contributed by atoms with van der Waals surface area (Å²) in [6.07, 6.45) is 2.89. The van der Waals surface area contributed by atoms with Crippen LogP contribution in [0.25, 0.3) is 0 Å². The standard InChI is InChI=1S/C14H23N5O3/c1-3-22-14(20)19-6-4-10(5-7-19)16-8-11-12(15)17-9-18-13(11)21-2/h9-10,16H,3-8H2,1-2H3,(H2,15,17,18).